The lowest BCUT2D eigenvalue weighted by molar-refractivity contribution is 0.174. The van der Waals surface area contributed by atoms with Gasteiger partial charge in [-0.05, 0) is 55.0 Å². The number of rotatable bonds is 6. The number of carbonyl (C=O) groups is 1. The van der Waals surface area contributed by atoms with E-state index >= 15 is 0 Å². The van der Waals surface area contributed by atoms with Crippen molar-refractivity contribution in [3.05, 3.63) is 47.5 Å². The zero-order valence-electron chi connectivity index (χ0n) is 16.3. The highest BCUT2D eigenvalue weighted by atomic mass is 16.7. The molecule has 2 aliphatic heterocycles. The van der Waals surface area contributed by atoms with Gasteiger partial charge in [0.25, 0.3) is 0 Å². The Hall–Kier alpha value is -2.89. The van der Waals surface area contributed by atoms with Crippen molar-refractivity contribution in [2.75, 3.05) is 36.6 Å². The summed E-state index contributed by atoms with van der Waals surface area (Å²) >= 11 is 0. The second kappa shape index (κ2) is 8.42. The van der Waals surface area contributed by atoms with E-state index in [4.69, 9.17) is 9.47 Å². The molecule has 0 radical (unpaired) electrons. The fourth-order valence-corrected chi connectivity index (χ4v) is 3.86. The Bertz CT molecular complexity index is 853. The van der Waals surface area contributed by atoms with Crippen LogP contribution in [0, 0.1) is 0 Å². The fourth-order valence-electron chi connectivity index (χ4n) is 3.86. The van der Waals surface area contributed by atoms with E-state index in [2.05, 4.69) is 40.7 Å². The van der Waals surface area contributed by atoms with Crippen molar-refractivity contribution >= 4 is 17.4 Å². The number of benzene rings is 2. The Labute approximate surface area is 165 Å². The summed E-state index contributed by atoms with van der Waals surface area (Å²) in [4.78, 5) is 14.6. The van der Waals surface area contributed by atoms with Crippen molar-refractivity contribution < 1.29 is 14.3 Å². The van der Waals surface area contributed by atoms with E-state index in [1.54, 1.807) is 18.2 Å². The summed E-state index contributed by atoms with van der Waals surface area (Å²) in [6.45, 7) is 5.31. The molecule has 0 spiro atoms. The van der Waals surface area contributed by atoms with Crippen LogP contribution in [0.4, 0.5) is 16.2 Å². The van der Waals surface area contributed by atoms with E-state index < -0.39 is 0 Å². The highest BCUT2D eigenvalue weighted by Crippen LogP contribution is 2.34. The van der Waals surface area contributed by atoms with Crippen LogP contribution in [0.25, 0.3) is 0 Å². The zero-order chi connectivity index (χ0) is 19.3. The summed E-state index contributed by atoms with van der Waals surface area (Å²) in [5.41, 5.74) is 4.76. The Kier molecular flexibility index (Phi) is 5.55. The first-order valence-electron chi connectivity index (χ1n) is 10.0. The third kappa shape index (κ3) is 4.16. The molecule has 0 atom stereocenters. The van der Waals surface area contributed by atoms with Gasteiger partial charge in [0.1, 0.15) is 0 Å². The number of nitrogens with one attached hydrogen (secondary N) is 2. The minimum Gasteiger partial charge on any atom is -0.454 e. The number of hydrogen-bond donors (Lipinski definition) is 2. The van der Waals surface area contributed by atoms with Crippen molar-refractivity contribution in [1.29, 1.82) is 0 Å². The number of hydrogen-bond acceptors (Lipinski definition) is 4. The first-order chi connectivity index (χ1) is 13.7. The van der Waals surface area contributed by atoms with Gasteiger partial charge in [-0.3, -0.25) is 0 Å². The van der Waals surface area contributed by atoms with Gasteiger partial charge >= 0.3 is 6.03 Å². The quantitative estimate of drug-likeness (QED) is 0.796. The molecule has 0 aliphatic carbocycles. The molecule has 0 bridgehead atoms. The highest BCUT2D eigenvalue weighted by Gasteiger charge is 2.16. The van der Waals surface area contributed by atoms with Crippen LogP contribution in [0.3, 0.4) is 0 Å². The maximum Gasteiger partial charge on any atom is 0.319 e. The van der Waals surface area contributed by atoms with E-state index in [0.717, 1.165) is 25.9 Å². The molecule has 0 saturated heterocycles. The molecule has 0 saturated carbocycles. The molecule has 2 aromatic carbocycles. The van der Waals surface area contributed by atoms with Gasteiger partial charge in [0.05, 0.1) is 0 Å². The van der Waals surface area contributed by atoms with Gasteiger partial charge in [-0.15, -0.1) is 0 Å². The van der Waals surface area contributed by atoms with Crippen LogP contribution >= 0.6 is 0 Å². The standard InChI is InChI=1S/C22H27N3O3/c1-2-11-25-12-3-4-17-13-16(5-7-19(17)25)9-10-23-22(26)24-18-6-8-20-21(14-18)28-15-27-20/h5-8,13-14H,2-4,9-12,15H2,1H3,(H2,23,24,26). The third-order valence-electron chi connectivity index (χ3n) is 5.18. The average molecular weight is 381 g/mol. The van der Waals surface area contributed by atoms with Gasteiger partial charge in [-0.1, -0.05) is 19.1 Å². The average Bonchev–Trinajstić information content (AvgIpc) is 3.16. The van der Waals surface area contributed by atoms with Gasteiger partial charge in [0, 0.05) is 37.1 Å². The summed E-state index contributed by atoms with van der Waals surface area (Å²) in [6.07, 6.45) is 4.34. The minimum atomic E-state index is -0.217. The second-order valence-electron chi connectivity index (χ2n) is 7.25. The van der Waals surface area contributed by atoms with Gasteiger partial charge < -0.3 is 25.0 Å². The number of fused-ring (bicyclic) bond motifs is 2. The lowest BCUT2D eigenvalue weighted by atomic mass is 9.98. The molecule has 2 N–H and O–H groups in total. The van der Waals surface area contributed by atoms with E-state index in [0.29, 0.717) is 23.7 Å². The van der Waals surface area contributed by atoms with Crippen LogP contribution < -0.4 is 25.0 Å². The van der Waals surface area contributed by atoms with Gasteiger partial charge in [0.2, 0.25) is 6.79 Å². The Morgan fingerprint density at radius 1 is 1.14 bits per heavy atom. The number of nitrogens with zero attached hydrogens (tertiary/aromatic N) is 1. The van der Waals surface area contributed by atoms with Crippen LogP contribution in [-0.4, -0.2) is 32.5 Å². The van der Waals surface area contributed by atoms with Gasteiger partial charge in [-0.25, -0.2) is 4.79 Å². The molecule has 2 aliphatic rings. The van der Waals surface area contributed by atoms with Crippen molar-refractivity contribution in [3.63, 3.8) is 0 Å². The molecule has 6 heteroatoms. The zero-order valence-corrected chi connectivity index (χ0v) is 16.3. The summed E-state index contributed by atoms with van der Waals surface area (Å²) in [7, 11) is 0. The van der Waals surface area contributed by atoms with Crippen molar-refractivity contribution in [1.82, 2.24) is 5.32 Å². The lowest BCUT2D eigenvalue weighted by Crippen LogP contribution is -2.31. The Morgan fingerprint density at radius 2 is 2.04 bits per heavy atom. The first-order valence-corrected chi connectivity index (χ1v) is 10.0. The number of aryl methyl sites for hydroxylation is 1. The molecule has 2 aromatic rings. The maximum absolute atomic E-state index is 12.1. The van der Waals surface area contributed by atoms with Crippen LogP contribution in [0.2, 0.25) is 0 Å². The fraction of sp³-hybridized carbons (Fsp3) is 0.409. The number of amides is 2. The SMILES string of the molecule is CCCN1CCCc2cc(CCNC(=O)Nc3ccc4c(c3)OCO4)ccc21. The molecule has 2 amide bonds. The first kappa shape index (κ1) is 18.5. The number of ether oxygens (including phenoxy) is 2. The maximum atomic E-state index is 12.1. The van der Waals surface area contributed by atoms with Gasteiger partial charge in [-0.2, -0.15) is 0 Å². The second-order valence-corrected chi connectivity index (χ2v) is 7.25. The molecule has 28 heavy (non-hydrogen) atoms. The molecule has 2 heterocycles. The van der Waals surface area contributed by atoms with E-state index in [1.165, 1.54) is 29.7 Å². The normalized spacial score (nSPS) is 14.5. The summed E-state index contributed by atoms with van der Waals surface area (Å²) in [5.74, 6) is 1.36. The topological polar surface area (TPSA) is 62.8 Å². The summed E-state index contributed by atoms with van der Waals surface area (Å²) in [6, 6.07) is 11.9. The van der Waals surface area contributed by atoms with Gasteiger partial charge in [0.15, 0.2) is 11.5 Å². The van der Waals surface area contributed by atoms with Crippen molar-refractivity contribution in [2.24, 2.45) is 0 Å². The summed E-state index contributed by atoms with van der Waals surface area (Å²) in [5, 5.41) is 5.76. The monoisotopic (exact) mass is 381 g/mol. The molecule has 148 valence electrons. The molecule has 0 aromatic heterocycles. The number of carbonyl (C=O) groups excluding carboxylic acids is 1. The molecule has 6 nitrogen and oxygen atoms in total. The van der Waals surface area contributed by atoms with Crippen LogP contribution in [0.15, 0.2) is 36.4 Å². The largest absolute Gasteiger partial charge is 0.454 e. The van der Waals surface area contributed by atoms with E-state index in [1.807, 2.05) is 0 Å². The molecular weight excluding hydrogens is 354 g/mol. The van der Waals surface area contributed by atoms with Crippen LogP contribution in [0.5, 0.6) is 11.5 Å². The van der Waals surface area contributed by atoms with Crippen molar-refractivity contribution in [2.45, 2.75) is 32.6 Å². The number of anilines is 2. The Balaban J connectivity index is 1.28. The molecule has 0 unspecified atom stereocenters. The highest BCUT2D eigenvalue weighted by molar-refractivity contribution is 5.89. The van der Waals surface area contributed by atoms with E-state index in [9.17, 15) is 4.79 Å². The van der Waals surface area contributed by atoms with E-state index in [-0.39, 0.29) is 12.8 Å². The lowest BCUT2D eigenvalue weighted by Gasteiger charge is -2.31. The minimum absolute atomic E-state index is 0.217. The molecular formula is C22H27N3O3. The predicted molar refractivity (Wildman–Crippen MR) is 111 cm³/mol. The summed E-state index contributed by atoms with van der Waals surface area (Å²) < 4.78 is 10.6. The smallest absolute Gasteiger partial charge is 0.319 e. The van der Waals surface area contributed by atoms with Crippen LogP contribution in [-0.2, 0) is 12.8 Å². The Morgan fingerprint density at radius 3 is 2.93 bits per heavy atom. The van der Waals surface area contributed by atoms with Crippen LogP contribution in [0.1, 0.15) is 30.9 Å². The third-order valence-corrected chi connectivity index (χ3v) is 5.18. The molecule has 4 rings (SSSR count). The van der Waals surface area contributed by atoms with Crippen molar-refractivity contribution in [3.8, 4) is 11.5 Å². The predicted octanol–water partition coefficient (Wildman–Crippen LogP) is 3.94. The number of urea groups is 1. The molecule has 0 fully saturated rings.